The summed E-state index contributed by atoms with van der Waals surface area (Å²) in [7, 11) is 1.33. The molecule has 1 aliphatic rings. The molecule has 1 aliphatic heterocycles. The van der Waals surface area contributed by atoms with Crippen molar-refractivity contribution >= 4 is 28.5 Å². The molecule has 3 N–H and O–H groups in total. The summed E-state index contributed by atoms with van der Waals surface area (Å²) in [6.07, 6.45) is 0.0276. The molecule has 3 aromatic heterocycles. The van der Waals surface area contributed by atoms with E-state index in [0.29, 0.717) is 42.8 Å². The number of piperidine rings is 1. The predicted octanol–water partition coefficient (Wildman–Crippen LogP) is 4.04. The van der Waals surface area contributed by atoms with Gasteiger partial charge in [0.2, 0.25) is 11.8 Å². The molecule has 0 bridgehead atoms. The molecule has 1 aromatic carbocycles. The van der Waals surface area contributed by atoms with Gasteiger partial charge >= 0.3 is 6.18 Å². The topological polar surface area (TPSA) is 132 Å². The Bertz CT molecular complexity index is 1530. The van der Waals surface area contributed by atoms with Crippen LogP contribution < -0.4 is 20.7 Å². The van der Waals surface area contributed by atoms with Crippen molar-refractivity contribution in [2.45, 2.75) is 25.1 Å². The van der Waals surface area contributed by atoms with Crippen LogP contribution in [0, 0.1) is 0 Å². The van der Waals surface area contributed by atoms with Gasteiger partial charge in [0.05, 0.1) is 12.8 Å². The Morgan fingerprint density at radius 2 is 1.87 bits per heavy atom. The second kappa shape index (κ2) is 10.2. The smallest absolute Gasteiger partial charge is 0.433 e. The number of nitrogens with zero attached hydrogens (tertiary/aromatic N) is 5. The Balaban J connectivity index is 1.42. The van der Waals surface area contributed by atoms with E-state index in [0.717, 1.165) is 6.07 Å². The summed E-state index contributed by atoms with van der Waals surface area (Å²) < 4.78 is 50.9. The number of fused-ring (bicyclic) bond motifs is 1. The van der Waals surface area contributed by atoms with Crippen LogP contribution in [0.25, 0.3) is 28.1 Å². The maximum atomic E-state index is 13.3. The third kappa shape index (κ3) is 5.19. The van der Waals surface area contributed by atoms with Gasteiger partial charge in [-0.15, -0.1) is 0 Å². The lowest BCUT2D eigenvalue weighted by Gasteiger charge is -2.32. The minimum Gasteiger partial charge on any atom is -0.494 e. The third-order valence-corrected chi connectivity index (χ3v) is 6.36. The number of nitrogens with two attached hydrogens (primary N) is 1. The number of nitrogens with one attached hydrogen (secondary N) is 1. The number of pyridine rings is 1. The van der Waals surface area contributed by atoms with Crippen LogP contribution in [0.2, 0.25) is 0 Å². The van der Waals surface area contributed by atoms with Gasteiger partial charge in [0.1, 0.15) is 17.0 Å². The summed E-state index contributed by atoms with van der Waals surface area (Å²) in [5.74, 6) is 0.221. The largest absolute Gasteiger partial charge is 0.494 e. The molecule has 0 aliphatic carbocycles. The first-order valence-corrected chi connectivity index (χ1v) is 12.0. The van der Waals surface area contributed by atoms with Gasteiger partial charge in [-0.25, -0.2) is 19.9 Å². The van der Waals surface area contributed by atoms with Gasteiger partial charge in [-0.2, -0.15) is 13.2 Å². The maximum Gasteiger partial charge on any atom is 0.433 e. The lowest BCUT2D eigenvalue weighted by Crippen LogP contribution is -2.45. The van der Waals surface area contributed by atoms with E-state index in [1.165, 1.54) is 19.2 Å². The molecule has 0 unspecified atom stereocenters. The Kier molecular flexibility index (Phi) is 6.81. The number of aromatic nitrogens is 4. The summed E-state index contributed by atoms with van der Waals surface area (Å²) >= 11 is 0. The average molecular weight is 540 g/mol. The number of benzene rings is 1. The molecule has 0 radical (unpaired) electrons. The van der Waals surface area contributed by atoms with Crippen LogP contribution in [-0.4, -0.2) is 52.1 Å². The van der Waals surface area contributed by atoms with Crippen LogP contribution in [0.4, 0.5) is 19.1 Å². The van der Waals surface area contributed by atoms with Crippen molar-refractivity contribution in [1.82, 2.24) is 25.3 Å². The van der Waals surface area contributed by atoms with Gasteiger partial charge in [-0.1, -0.05) is 6.58 Å². The molecular formula is C26H24F3N7O3. The average Bonchev–Trinajstić information content (AvgIpc) is 3.38. The van der Waals surface area contributed by atoms with Crippen molar-refractivity contribution < 1.29 is 27.1 Å². The van der Waals surface area contributed by atoms with Gasteiger partial charge in [0.25, 0.3) is 5.91 Å². The number of halogens is 3. The molecular weight excluding hydrogens is 515 g/mol. The van der Waals surface area contributed by atoms with Gasteiger partial charge in [0.15, 0.2) is 11.5 Å². The molecule has 0 atom stereocenters. The zero-order valence-corrected chi connectivity index (χ0v) is 20.8. The highest BCUT2D eigenvalue weighted by Gasteiger charge is 2.33. The number of oxazole rings is 1. The summed E-state index contributed by atoms with van der Waals surface area (Å²) in [6.45, 7) is 4.99. The molecule has 0 saturated carbocycles. The predicted molar refractivity (Wildman–Crippen MR) is 137 cm³/mol. The second-order valence-electron chi connectivity index (χ2n) is 8.91. The highest BCUT2D eigenvalue weighted by molar-refractivity contribution is 5.99. The minimum atomic E-state index is -4.64. The zero-order chi connectivity index (χ0) is 27.7. The molecule has 1 fully saturated rings. The number of rotatable bonds is 6. The second-order valence-corrected chi connectivity index (χ2v) is 8.91. The Labute approximate surface area is 220 Å². The van der Waals surface area contributed by atoms with E-state index in [1.54, 1.807) is 24.5 Å². The maximum absolute atomic E-state index is 13.3. The molecule has 1 amide bonds. The van der Waals surface area contributed by atoms with Crippen LogP contribution >= 0.6 is 0 Å². The third-order valence-electron chi connectivity index (χ3n) is 6.36. The van der Waals surface area contributed by atoms with E-state index in [1.807, 2.05) is 4.90 Å². The standard InChI is InChI=1S/C26H24F3N7O3/c1-14(30)22-21(23(37)33-15-8-12-36(13-9-15)25-31-10-3-11-32-25)35-24(39-22)17-4-6-18(38-2)20-16(17)5-7-19(34-20)26(27,28)29/h3-7,10-11,15H,1,8-9,12-13,30H2,2H3,(H,33,37). The normalized spacial score (nSPS) is 14.4. The van der Waals surface area contributed by atoms with Crippen molar-refractivity contribution in [2.24, 2.45) is 5.73 Å². The Morgan fingerprint density at radius 3 is 2.51 bits per heavy atom. The van der Waals surface area contributed by atoms with E-state index >= 15 is 0 Å². The number of hydrogen-bond acceptors (Lipinski definition) is 9. The fourth-order valence-corrected chi connectivity index (χ4v) is 4.44. The molecule has 39 heavy (non-hydrogen) atoms. The highest BCUT2D eigenvalue weighted by atomic mass is 19.4. The van der Waals surface area contributed by atoms with Crippen molar-refractivity contribution in [3.8, 4) is 17.2 Å². The molecule has 202 valence electrons. The van der Waals surface area contributed by atoms with Crippen molar-refractivity contribution in [3.05, 3.63) is 66.5 Å². The highest BCUT2D eigenvalue weighted by Crippen LogP contribution is 2.37. The molecule has 5 rings (SSSR count). The van der Waals surface area contributed by atoms with Crippen molar-refractivity contribution in [3.63, 3.8) is 0 Å². The first-order valence-electron chi connectivity index (χ1n) is 12.0. The van der Waals surface area contributed by atoms with Crippen LogP contribution in [0.15, 0.2) is 53.7 Å². The van der Waals surface area contributed by atoms with Crippen LogP contribution in [0.1, 0.15) is 34.8 Å². The van der Waals surface area contributed by atoms with Crippen LogP contribution in [0.3, 0.4) is 0 Å². The molecule has 4 aromatic rings. The van der Waals surface area contributed by atoms with E-state index in [9.17, 15) is 18.0 Å². The number of carbonyl (C=O) groups excluding carboxylic acids is 1. The van der Waals surface area contributed by atoms with Gasteiger partial charge in [0, 0.05) is 42.5 Å². The number of methoxy groups -OCH3 is 1. The number of ether oxygens (including phenoxy) is 1. The summed E-state index contributed by atoms with van der Waals surface area (Å²) in [6, 6.07) is 6.75. The molecule has 13 heteroatoms. The van der Waals surface area contributed by atoms with Crippen molar-refractivity contribution in [1.29, 1.82) is 0 Å². The molecule has 4 heterocycles. The Morgan fingerprint density at radius 1 is 1.15 bits per heavy atom. The van der Waals surface area contributed by atoms with E-state index in [-0.39, 0.29) is 40.3 Å². The van der Waals surface area contributed by atoms with E-state index in [2.05, 4.69) is 31.8 Å². The summed E-state index contributed by atoms with van der Waals surface area (Å²) in [5.41, 5.74) is 5.01. The fourth-order valence-electron chi connectivity index (χ4n) is 4.44. The zero-order valence-electron chi connectivity index (χ0n) is 20.8. The number of amides is 1. The van der Waals surface area contributed by atoms with Crippen molar-refractivity contribution in [2.75, 3.05) is 25.1 Å². The fraction of sp³-hybridized carbons (Fsp3) is 0.269. The quantitative estimate of drug-likeness (QED) is 0.373. The number of carbonyl (C=O) groups is 1. The number of anilines is 1. The van der Waals surface area contributed by atoms with Gasteiger partial charge in [-0.3, -0.25) is 4.79 Å². The number of alkyl halides is 3. The SMILES string of the molecule is C=C(N)c1oc(-c2ccc(OC)c3nc(C(F)(F)F)ccc23)nc1C(=O)NC1CCN(c2ncccn2)CC1. The first kappa shape index (κ1) is 25.9. The van der Waals surface area contributed by atoms with Crippen LogP contribution in [0.5, 0.6) is 5.75 Å². The van der Waals surface area contributed by atoms with Gasteiger partial charge in [-0.05, 0) is 43.2 Å². The molecule has 1 saturated heterocycles. The molecule has 0 spiro atoms. The van der Waals surface area contributed by atoms with E-state index in [4.69, 9.17) is 14.9 Å². The monoisotopic (exact) mass is 539 g/mol. The summed E-state index contributed by atoms with van der Waals surface area (Å²) in [4.78, 5) is 31.9. The summed E-state index contributed by atoms with van der Waals surface area (Å²) in [5, 5.41) is 3.26. The first-order chi connectivity index (χ1) is 18.7. The Hall–Kier alpha value is -4.68. The molecule has 10 nitrogen and oxygen atoms in total. The lowest BCUT2D eigenvalue weighted by atomic mass is 10.0. The number of hydrogen-bond donors (Lipinski definition) is 2. The van der Waals surface area contributed by atoms with Gasteiger partial charge < -0.3 is 25.1 Å². The van der Waals surface area contributed by atoms with E-state index < -0.39 is 17.8 Å². The lowest BCUT2D eigenvalue weighted by molar-refractivity contribution is -0.140. The van der Waals surface area contributed by atoms with Crippen LogP contribution in [-0.2, 0) is 6.18 Å². The minimum absolute atomic E-state index is 0.0213.